The van der Waals surface area contributed by atoms with Gasteiger partial charge in [0, 0.05) is 19.6 Å². The minimum atomic E-state index is -0.578. The fourth-order valence-electron chi connectivity index (χ4n) is 4.17. The van der Waals surface area contributed by atoms with E-state index in [0.717, 1.165) is 23.5 Å². The Kier molecular flexibility index (Phi) is 8.34. The van der Waals surface area contributed by atoms with Gasteiger partial charge in [-0.3, -0.25) is 4.90 Å². The average Bonchev–Trinajstić information content (AvgIpc) is 3.62. The van der Waals surface area contributed by atoms with Crippen molar-refractivity contribution in [2.24, 2.45) is 5.92 Å². The summed E-state index contributed by atoms with van der Waals surface area (Å²) in [7, 11) is 1.64. The molecule has 7 nitrogen and oxygen atoms in total. The maximum Gasteiger partial charge on any atom is 0.227 e. The first-order valence-electron chi connectivity index (χ1n) is 12.7. The van der Waals surface area contributed by atoms with Gasteiger partial charge in [-0.1, -0.05) is 30.3 Å². The van der Waals surface area contributed by atoms with Crippen LogP contribution in [0.3, 0.4) is 0 Å². The predicted octanol–water partition coefficient (Wildman–Crippen LogP) is 5.37. The second kappa shape index (κ2) is 11.5. The van der Waals surface area contributed by atoms with E-state index >= 15 is 0 Å². The number of methoxy groups -OCH3 is 1. The van der Waals surface area contributed by atoms with Crippen LogP contribution in [0.2, 0.25) is 0 Å². The van der Waals surface area contributed by atoms with Crippen molar-refractivity contribution >= 4 is 0 Å². The Morgan fingerprint density at radius 2 is 1.72 bits per heavy atom. The van der Waals surface area contributed by atoms with Crippen LogP contribution in [0.4, 0.5) is 0 Å². The van der Waals surface area contributed by atoms with Crippen LogP contribution < -0.4 is 9.47 Å². The van der Waals surface area contributed by atoms with Crippen LogP contribution in [-0.2, 0) is 11.3 Å². The number of rotatable bonds is 12. The highest BCUT2D eigenvalue weighted by Crippen LogP contribution is 2.37. The highest BCUT2D eigenvalue weighted by Gasteiger charge is 2.29. The lowest BCUT2D eigenvalue weighted by atomic mass is 10.2. The number of aliphatic hydroxyl groups is 1. The van der Waals surface area contributed by atoms with Crippen molar-refractivity contribution in [1.29, 1.82) is 0 Å². The number of aliphatic hydroxyl groups excluding tert-OH is 1. The molecule has 1 fully saturated rings. The molecule has 0 bridgehead atoms. The van der Waals surface area contributed by atoms with Crippen molar-refractivity contribution in [2.75, 3.05) is 26.8 Å². The number of aromatic nitrogens is 2. The van der Waals surface area contributed by atoms with Gasteiger partial charge in [0.1, 0.15) is 0 Å². The van der Waals surface area contributed by atoms with Gasteiger partial charge in [0.25, 0.3) is 0 Å². The average molecular weight is 494 g/mol. The standard InChI is InChI=1S/C29H39N3O4/c1-21-25(19-31(17-22-15-16-22)18-24(33)20-35-29(2,3)4)28(32(30-21)23-11-7-6-8-12-23)36-27-14-10-9-13-26(27)34-5/h6-14,22,24,33H,15-20H2,1-5H3/t24-/m0/s1. The summed E-state index contributed by atoms with van der Waals surface area (Å²) in [5, 5.41) is 15.6. The van der Waals surface area contributed by atoms with Crippen LogP contribution in [0.15, 0.2) is 54.6 Å². The summed E-state index contributed by atoms with van der Waals surface area (Å²) in [6.07, 6.45) is 1.89. The van der Waals surface area contributed by atoms with Gasteiger partial charge in [-0.25, -0.2) is 4.68 Å². The maximum atomic E-state index is 10.8. The number of hydrogen-bond acceptors (Lipinski definition) is 6. The Hall–Kier alpha value is -2.87. The zero-order valence-corrected chi connectivity index (χ0v) is 22.1. The number of nitrogens with zero attached hydrogens (tertiary/aromatic N) is 3. The normalized spacial score (nSPS) is 14.8. The molecule has 0 saturated heterocycles. The van der Waals surface area contributed by atoms with E-state index in [1.165, 1.54) is 12.8 Å². The molecule has 0 unspecified atom stereocenters. The van der Waals surface area contributed by atoms with Crippen molar-refractivity contribution in [1.82, 2.24) is 14.7 Å². The van der Waals surface area contributed by atoms with E-state index in [9.17, 15) is 5.11 Å². The lowest BCUT2D eigenvalue weighted by Gasteiger charge is -2.27. The Morgan fingerprint density at radius 1 is 1.06 bits per heavy atom. The van der Waals surface area contributed by atoms with E-state index in [1.807, 2.05) is 87.0 Å². The molecule has 1 aliphatic carbocycles. The third kappa shape index (κ3) is 7.09. The Labute approximate surface area is 214 Å². The number of aryl methyl sites for hydroxylation is 1. The SMILES string of the molecule is COc1ccccc1Oc1c(CN(CC2CC2)C[C@H](O)COC(C)(C)C)c(C)nn1-c1ccccc1. The van der Waals surface area contributed by atoms with Gasteiger partial charge in [-0.2, -0.15) is 5.10 Å². The van der Waals surface area contributed by atoms with Crippen molar-refractivity contribution in [2.45, 2.75) is 58.8 Å². The first-order valence-corrected chi connectivity index (χ1v) is 12.7. The summed E-state index contributed by atoms with van der Waals surface area (Å²) in [5.41, 5.74) is 2.52. The molecule has 1 aromatic heterocycles. The molecule has 194 valence electrons. The molecule has 0 aliphatic heterocycles. The smallest absolute Gasteiger partial charge is 0.227 e. The monoisotopic (exact) mass is 493 g/mol. The quantitative estimate of drug-likeness (QED) is 0.366. The highest BCUT2D eigenvalue weighted by atomic mass is 16.5. The van der Waals surface area contributed by atoms with Gasteiger partial charge >= 0.3 is 0 Å². The first kappa shape index (κ1) is 26.2. The molecule has 0 spiro atoms. The maximum absolute atomic E-state index is 10.8. The molecule has 3 aromatic rings. The fraction of sp³-hybridized carbons (Fsp3) is 0.483. The lowest BCUT2D eigenvalue weighted by molar-refractivity contribution is -0.0569. The van der Waals surface area contributed by atoms with Crippen LogP contribution in [-0.4, -0.2) is 58.3 Å². The van der Waals surface area contributed by atoms with Crippen molar-refractivity contribution in [3.63, 3.8) is 0 Å². The molecule has 0 radical (unpaired) electrons. The molecule has 1 atom stereocenters. The minimum Gasteiger partial charge on any atom is -0.493 e. The summed E-state index contributed by atoms with van der Waals surface area (Å²) in [5.74, 6) is 2.62. The second-order valence-electron chi connectivity index (χ2n) is 10.6. The molecule has 0 amide bonds. The van der Waals surface area contributed by atoms with E-state index in [1.54, 1.807) is 7.11 Å². The number of hydrogen-bond donors (Lipinski definition) is 1. The summed E-state index contributed by atoms with van der Waals surface area (Å²) in [6.45, 7) is 10.4. The Morgan fingerprint density at radius 3 is 2.36 bits per heavy atom. The molecule has 1 N–H and O–H groups in total. The number of benzene rings is 2. The van der Waals surface area contributed by atoms with E-state index in [-0.39, 0.29) is 5.60 Å². The molecule has 2 aromatic carbocycles. The zero-order chi connectivity index (χ0) is 25.7. The topological polar surface area (TPSA) is 69.0 Å². The van der Waals surface area contributed by atoms with Gasteiger partial charge < -0.3 is 19.3 Å². The Bertz CT molecular complexity index is 1120. The molecule has 4 rings (SSSR count). The van der Waals surface area contributed by atoms with Gasteiger partial charge in [0.2, 0.25) is 5.88 Å². The second-order valence-corrected chi connectivity index (χ2v) is 10.6. The van der Waals surface area contributed by atoms with E-state index in [2.05, 4.69) is 4.90 Å². The lowest BCUT2D eigenvalue weighted by Crippen LogP contribution is -2.37. The van der Waals surface area contributed by atoms with Crippen LogP contribution >= 0.6 is 0 Å². The van der Waals surface area contributed by atoms with Crippen LogP contribution in [0.5, 0.6) is 17.4 Å². The highest BCUT2D eigenvalue weighted by molar-refractivity contribution is 5.47. The Balaban J connectivity index is 1.64. The summed E-state index contributed by atoms with van der Waals surface area (Å²) < 4.78 is 19.8. The molecule has 1 aliphatic rings. The zero-order valence-electron chi connectivity index (χ0n) is 22.1. The van der Waals surface area contributed by atoms with Gasteiger partial charge in [0.05, 0.1) is 42.4 Å². The van der Waals surface area contributed by atoms with Crippen LogP contribution in [0, 0.1) is 12.8 Å². The van der Waals surface area contributed by atoms with E-state index < -0.39 is 6.10 Å². The molecule has 36 heavy (non-hydrogen) atoms. The van der Waals surface area contributed by atoms with Gasteiger partial charge in [-0.15, -0.1) is 0 Å². The van der Waals surface area contributed by atoms with Crippen molar-refractivity contribution in [3.8, 4) is 23.1 Å². The molecule has 1 saturated carbocycles. The molecule has 7 heteroatoms. The number of ether oxygens (including phenoxy) is 3. The van der Waals surface area contributed by atoms with Gasteiger partial charge in [0.15, 0.2) is 11.5 Å². The van der Waals surface area contributed by atoms with E-state index in [0.29, 0.717) is 43.0 Å². The summed E-state index contributed by atoms with van der Waals surface area (Å²) >= 11 is 0. The minimum absolute atomic E-state index is 0.286. The predicted molar refractivity (Wildman–Crippen MR) is 141 cm³/mol. The van der Waals surface area contributed by atoms with Crippen molar-refractivity contribution in [3.05, 3.63) is 65.9 Å². The summed E-state index contributed by atoms with van der Waals surface area (Å²) in [4.78, 5) is 2.31. The van der Waals surface area contributed by atoms with Crippen LogP contribution in [0.25, 0.3) is 5.69 Å². The molecule has 1 heterocycles. The number of para-hydroxylation sites is 3. The third-order valence-electron chi connectivity index (χ3n) is 6.19. The summed E-state index contributed by atoms with van der Waals surface area (Å²) in [6, 6.07) is 17.6. The largest absolute Gasteiger partial charge is 0.493 e. The van der Waals surface area contributed by atoms with Gasteiger partial charge in [-0.05, 0) is 70.7 Å². The fourth-order valence-corrected chi connectivity index (χ4v) is 4.17. The third-order valence-corrected chi connectivity index (χ3v) is 6.19. The molecular weight excluding hydrogens is 454 g/mol. The first-order chi connectivity index (χ1) is 17.2. The van der Waals surface area contributed by atoms with Crippen LogP contribution in [0.1, 0.15) is 44.9 Å². The molecular formula is C29H39N3O4. The van der Waals surface area contributed by atoms with E-state index in [4.69, 9.17) is 19.3 Å². The van der Waals surface area contributed by atoms with Crippen molar-refractivity contribution < 1.29 is 19.3 Å².